The Bertz CT molecular complexity index is 2020. The van der Waals surface area contributed by atoms with Crippen LogP contribution in [0.2, 0.25) is 0 Å². The van der Waals surface area contributed by atoms with Gasteiger partial charge in [-0.25, -0.2) is 4.79 Å². The van der Waals surface area contributed by atoms with Gasteiger partial charge in [0, 0.05) is 23.0 Å². The van der Waals surface area contributed by atoms with E-state index in [1.165, 1.54) is 38.6 Å². The number of benzene rings is 4. The van der Waals surface area contributed by atoms with Crippen molar-refractivity contribution in [1.82, 2.24) is 0 Å². The normalized spacial score (nSPS) is 21.9. The number of hydrogen-bond acceptors (Lipinski definition) is 3. The van der Waals surface area contributed by atoms with E-state index in [-0.39, 0.29) is 30.1 Å². The molecule has 222 valence electrons. The molecule has 4 aromatic rings. The summed E-state index contributed by atoms with van der Waals surface area (Å²) in [7, 11) is 0. The summed E-state index contributed by atoms with van der Waals surface area (Å²) in [6.07, 6.45) is 11.7. The van der Waals surface area contributed by atoms with E-state index in [4.69, 9.17) is 4.99 Å². The zero-order chi connectivity index (χ0) is 30.7. The number of fused-ring (bicyclic) bond motifs is 8. The average molecular weight is 592 g/mol. The SMILES string of the molecule is O=C(O)CC1C=Cc2ccc3c4c(ccc3c2C1)C(C(c1ccccc1)C1C=C(C(=O)O)C=C2C1=Nc1ccccc12)CCC4. The highest BCUT2D eigenvalue weighted by Gasteiger charge is 2.41. The van der Waals surface area contributed by atoms with Crippen LogP contribution in [0.5, 0.6) is 0 Å². The first-order valence-electron chi connectivity index (χ1n) is 15.8. The molecule has 0 amide bonds. The minimum Gasteiger partial charge on any atom is -0.481 e. The summed E-state index contributed by atoms with van der Waals surface area (Å²) in [5.41, 5.74) is 10.4. The van der Waals surface area contributed by atoms with Crippen LogP contribution in [0, 0.1) is 11.8 Å². The number of rotatable bonds is 6. The lowest BCUT2D eigenvalue weighted by molar-refractivity contribution is -0.137. The van der Waals surface area contributed by atoms with Gasteiger partial charge in [-0.05, 0) is 88.3 Å². The number of carbonyl (C=O) groups is 2. The molecule has 2 N–H and O–H groups in total. The van der Waals surface area contributed by atoms with E-state index in [2.05, 4.69) is 54.6 Å². The Morgan fingerprint density at radius 2 is 1.67 bits per heavy atom. The Labute approximate surface area is 262 Å². The third-order valence-electron chi connectivity index (χ3n) is 10.2. The van der Waals surface area contributed by atoms with Gasteiger partial charge in [-0.15, -0.1) is 0 Å². The third-order valence-corrected chi connectivity index (χ3v) is 10.2. The number of para-hydroxylation sites is 1. The summed E-state index contributed by atoms with van der Waals surface area (Å²) >= 11 is 0. The Morgan fingerprint density at radius 3 is 2.49 bits per heavy atom. The fraction of sp³-hybridized carbons (Fsp3) is 0.225. The largest absolute Gasteiger partial charge is 0.481 e. The summed E-state index contributed by atoms with van der Waals surface area (Å²) in [6.45, 7) is 0. The van der Waals surface area contributed by atoms with Gasteiger partial charge in [0.05, 0.1) is 23.4 Å². The molecule has 4 aromatic carbocycles. The van der Waals surface area contributed by atoms with Crippen LogP contribution in [0.1, 0.15) is 64.5 Å². The zero-order valence-electron chi connectivity index (χ0n) is 24.8. The summed E-state index contributed by atoms with van der Waals surface area (Å²) in [4.78, 5) is 29.1. The highest BCUT2D eigenvalue weighted by atomic mass is 16.4. The molecule has 5 heteroatoms. The van der Waals surface area contributed by atoms with Crippen molar-refractivity contribution in [1.29, 1.82) is 0 Å². The van der Waals surface area contributed by atoms with Crippen LogP contribution >= 0.6 is 0 Å². The highest BCUT2D eigenvalue weighted by Crippen LogP contribution is 2.52. The molecule has 0 bridgehead atoms. The second-order valence-electron chi connectivity index (χ2n) is 12.7. The van der Waals surface area contributed by atoms with Crippen LogP contribution in [0.3, 0.4) is 0 Å². The molecule has 0 saturated heterocycles. The monoisotopic (exact) mass is 591 g/mol. The van der Waals surface area contributed by atoms with Crippen LogP contribution < -0.4 is 0 Å². The van der Waals surface area contributed by atoms with Crippen LogP contribution in [0.4, 0.5) is 5.69 Å². The number of aliphatic imine (C=N–C) groups is 1. The van der Waals surface area contributed by atoms with Gasteiger partial charge in [0.25, 0.3) is 0 Å². The van der Waals surface area contributed by atoms with Gasteiger partial charge in [-0.2, -0.15) is 0 Å². The van der Waals surface area contributed by atoms with Crippen molar-refractivity contribution in [3.05, 3.63) is 136 Å². The van der Waals surface area contributed by atoms with E-state index in [0.29, 0.717) is 5.57 Å². The Balaban J connectivity index is 1.27. The number of hydrogen-bond donors (Lipinski definition) is 2. The van der Waals surface area contributed by atoms with E-state index in [9.17, 15) is 19.8 Å². The van der Waals surface area contributed by atoms with Crippen molar-refractivity contribution < 1.29 is 19.8 Å². The lowest BCUT2D eigenvalue weighted by Gasteiger charge is -2.38. The molecule has 8 rings (SSSR count). The van der Waals surface area contributed by atoms with Crippen LogP contribution in [-0.4, -0.2) is 27.9 Å². The number of allylic oxidation sites excluding steroid dienone is 3. The average Bonchev–Trinajstić information content (AvgIpc) is 3.44. The summed E-state index contributed by atoms with van der Waals surface area (Å²) in [5.74, 6) is -1.74. The van der Waals surface area contributed by atoms with Crippen LogP contribution in [-0.2, 0) is 22.4 Å². The molecular weight excluding hydrogens is 558 g/mol. The first-order valence-corrected chi connectivity index (χ1v) is 15.8. The smallest absolute Gasteiger partial charge is 0.335 e. The standard InChI is InChI=1S/C40H33NO4/c42-37(43)20-23-13-14-24-15-16-28-27-10-6-11-32(29(27)17-18-30(28)33(24)19-23)38(25-7-2-1-3-8-25)35-22-26(40(44)45)21-34-31-9-4-5-12-36(31)41-39(34)35/h1-5,7-9,12-18,21-23,32,35,38H,6,10-11,19-20H2,(H,42,43)(H,44,45). The Morgan fingerprint density at radius 1 is 0.889 bits per heavy atom. The minimum atomic E-state index is -0.919. The predicted molar refractivity (Wildman–Crippen MR) is 178 cm³/mol. The number of carboxylic acid groups (broad SMARTS) is 2. The maximum atomic E-state index is 12.5. The Hall–Kier alpha value is -5.03. The van der Waals surface area contributed by atoms with E-state index >= 15 is 0 Å². The second-order valence-corrected chi connectivity index (χ2v) is 12.7. The summed E-state index contributed by atoms with van der Waals surface area (Å²) in [5, 5.41) is 22.1. The van der Waals surface area contributed by atoms with Gasteiger partial charge >= 0.3 is 11.9 Å². The third kappa shape index (κ3) is 4.65. The van der Waals surface area contributed by atoms with Crippen molar-refractivity contribution in [3.8, 4) is 0 Å². The molecular formula is C40H33NO4. The molecule has 0 spiro atoms. The molecule has 5 nitrogen and oxygen atoms in total. The maximum Gasteiger partial charge on any atom is 0.335 e. The molecule has 0 fully saturated rings. The molecule has 0 radical (unpaired) electrons. The molecule has 0 saturated carbocycles. The van der Waals surface area contributed by atoms with Gasteiger partial charge in [-0.1, -0.05) is 91.0 Å². The number of nitrogens with zero attached hydrogens (tertiary/aromatic N) is 1. The number of carboxylic acids is 2. The van der Waals surface area contributed by atoms with E-state index in [0.717, 1.165) is 48.2 Å². The Kier molecular flexibility index (Phi) is 6.63. The van der Waals surface area contributed by atoms with Crippen molar-refractivity contribution in [2.24, 2.45) is 16.8 Å². The minimum absolute atomic E-state index is 0.00526. The highest BCUT2D eigenvalue weighted by molar-refractivity contribution is 6.32. The first kappa shape index (κ1) is 27.5. The molecule has 4 atom stereocenters. The molecule has 4 unspecified atom stereocenters. The van der Waals surface area contributed by atoms with Crippen molar-refractivity contribution in [3.63, 3.8) is 0 Å². The van der Waals surface area contributed by atoms with Gasteiger partial charge in [0.1, 0.15) is 0 Å². The predicted octanol–water partition coefficient (Wildman–Crippen LogP) is 8.51. The summed E-state index contributed by atoms with van der Waals surface area (Å²) in [6, 6.07) is 27.5. The fourth-order valence-corrected chi connectivity index (χ4v) is 8.32. The maximum absolute atomic E-state index is 12.5. The number of aryl methyl sites for hydroxylation is 1. The molecule has 4 aliphatic rings. The van der Waals surface area contributed by atoms with Gasteiger partial charge in [0.2, 0.25) is 0 Å². The topological polar surface area (TPSA) is 87.0 Å². The molecule has 0 aromatic heterocycles. The zero-order valence-corrected chi connectivity index (χ0v) is 24.8. The van der Waals surface area contributed by atoms with E-state index in [1.54, 1.807) is 6.08 Å². The number of aliphatic carboxylic acids is 2. The van der Waals surface area contributed by atoms with Gasteiger partial charge in [0.15, 0.2) is 0 Å². The van der Waals surface area contributed by atoms with Crippen molar-refractivity contribution in [2.45, 2.75) is 43.9 Å². The fourth-order valence-electron chi connectivity index (χ4n) is 8.32. The lowest BCUT2D eigenvalue weighted by Crippen LogP contribution is -2.30. The van der Waals surface area contributed by atoms with Crippen LogP contribution in [0.25, 0.3) is 22.4 Å². The quantitative estimate of drug-likeness (QED) is 0.235. The molecule has 1 aliphatic heterocycles. The van der Waals surface area contributed by atoms with Crippen molar-refractivity contribution >= 4 is 45.8 Å². The molecule has 3 aliphatic carbocycles. The van der Waals surface area contributed by atoms with Gasteiger partial charge in [-0.3, -0.25) is 9.79 Å². The van der Waals surface area contributed by atoms with Crippen LogP contribution in [0.15, 0.2) is 108 Å². The van der Waals surface area contributed by atoms with Crippen molar-refractivity contribution in [2.75, 3.05) is 0 Å². The lowest BCUT2D eigenvalue weighted by atomic mass is 9.65. The second kappa shape index (κ2) is 10.8. The molecule has 1 heterocycles. The van der Waals surface area contributed by atoms with E-state index in [1.807, 2.05) is 42.5 Å². The first-order chi connectivity index (χ1) is 22.0. The summed E-state index contributed by atoms with van der Waals surface area (Å²) < 4.78 is 0. The molecule has 45 heavy (non-hydrogen) atoms. The van der Waals surface area contributed by atoms with E-state index < -0.39 is 11.9 Å². The van der Waals surface area contributed by atoms with Gasteiger partial charge < -0.3 is 10.2 Å².